The normalized spacial score (nSPS) is 22.5. The van der Waals surface area contributed by atoms with E-state index in [1.54, 1.807) is 17.0 Å². The Hall–Kier alpha value is -1.41. The lowest BCUT2D eigenvalue weighted by atomic mass is 10.1. The molecule has 0 aliphatic carbocycles. The average molecular weight is 422 g/mol. The van der Waals surface area contributed by atoms with E-state index in [-0.39, 0.29) is 48.7 Å². The maximum absolute atomic E-state index is 14.3. The molecule has 2 atom stereocenters. The Balaban J connectivity index is 0.00000182. The highest BCUT2D eigenvalue weighted by atomic mass is 35.5. The summed E-state index contributed by atoms with van der Waals surface area (Å²) >= 11 is 0. The summed E-state index contributed by atoms with van der Waals surface area (Å²) in [5, 5.41) is 3.21. The molecule has 0 unspecified atom stereocenters. The summed E-state index contributed by atoms with van der Waals surface area (Å²) in [7, 11) is 0. The van der Waals surface area contributed by atoms with Crippen LogP contribution in [0.3, 0.4) is 0 Å². The largest absolute Gasteiger partial charge is 0.375 e. The minimum atomic E-state index is -0.400. The van der Waals surface area contributed by atoms with Crippen LogP contribution < -0.4 is 10.2 Å². The molecule has 9 heteroatoms. The summed E-state index contributed by atoms with van der Waals surface area (Å²) in [6.45, 7) is 6.81. The monoisotopic (exact) mass is 421 g/mol. The first-order valence-electron chi connectivity index (χ1n) is 8.66. The van der Waals surface area contributed by atoms with Crippen molar-refractivity contribution in [3.8, 4) is 0 Å². The number of ether oxygens (including phenoxy) is 1. The van der Waals surface area contributed by atoms with Gasteiger partial charge in [0, 0.05) is 38.3 Å². The van der Waals surface area contributed by atoms with Crippen LogP contribution >= 0.6 is 24.8 Å². The molecule has 1 amide bonds. The van der Waals surface area contributed by atoms with Crippen molar-refractivity contribution in [3.05, 3.63) is 29.6 Å². The van der Waals surface area contributed by atoms with Gasteiger partial charge in [-0.15, -0.1) is 24.8 Å². The third kappa shape index (κ3) is 5.31. The zero-order valence-corrected chi connectivity index (χ0v) is 17.1. The third-order valence-corrected chi connectivity index (χ3v) is 4.87. The second-order valence-electron chi connectivity index (χ2n) is 6.54. The summed E-state index contributed by atoms with van der Waals surface area (Å²) in [5.41, 5.74) is 0.844. The molecule has 1 N–H and O–H groups in total. The lowest BCUT2D eigenvalue weighted by Gasteiger charge is -2.39. The topological polar surface area (TPSA) is 61.9 Å². The van der Waals surface area contributed by atoms with Crippen LogP contribution in [0.2, 0.25) is 0 Å². The van der Waals surface area contributed by atoms with Gasteiger partial charge in [0.2, 0.25) is 5.91 Å². The molecule has 2 heterocycles. The fourth-order valence-corrected chi connectivity index (χ4v) is 3.36. The van der Waals surface area contributed by atoms with Crippen LogP contribution in [0.5, 0.6) is 0 Å². The summed E-state index contributed by atoms with van der Waals surface area (Å²) < 4.78 is 19.8. The molecule has 0 aromatic heterocycles. The van der Waals surface area contributed by atoms with Crippen LogP contribution in [0, 0.1) is 5.82 Å². The van der Waals surface area contributed by atoms with Gasteiger partial charge in [0.25, 0.3) is 0 Å². The number of hydrogen-bond donors (Lipinski definition) is 1. The Morgan fingerprint density at radius 3 is 2.41 bits per heavy atom. The van der Waals surface area contributed by atoms with Crippen molar-refractivity contribution in [3.63, 3.8) is 0 Å². The number of hydrogen-bond acceptors (Lipinski definition) is 5. The number of amides is 1. The molecule has 27 heavy (non-hydrogen) atoms. The lowest BCUT2D eigenvalue weighted by Crippen LogP contribution is -2.59. The summed E-state index contributed by atoms with van der Waals surface area (Å²) in [6, 6.07) is 4.25. The van der Waals surface area contributed by atoms with E-state index < -0.39 is 5.82 Å². The van der Waals surface area contributed by atoms with Gasteiger partial charge in [-0.1, -0.05) is 0 Å². The number of carbonyl (C=O) groups is 2. The Bertz CT molecular complexity index is 669. The second kappa shape index (κ2) is 10.2. The van der Waals surface area contributed by atoms with Gasteiger partial charge in [-0.2, -0.15) is 0 Å². The van der Waals surface area contributed by atoms with E-state index in [0.29, 0.717) is 50.6 Å². The number of piperazine rings is 1. The highest BCUT2D eigenvalue weighted by Crippen LogP contribution is 2.22. The molecule has 0 radical (unpaired) electrons. The summed E-state index contributed by atoms with van der Waals surface area (Å²) in [6.07, 6.45) is -0.143. The van der Waals surface area contributed by atoms with E-state index in [2.05, 4.69) is 5.32 Å². The molecular weight excluding hydrogens is 396 g/mol. The highest BCUT2D eigenvalue weighted by Gasteiger charge is 2.33. The van der Waals surface area contributed by atoms with Crippen molar-refractivity contribution in [1.82, 2.24) is 10.2 Å². The molecule has 0 saturated carbocycles. The molecule has 6 nitrogen and oxygen atoms in total. The number of nitrogens with one attached hydrogen (secondary N) is 1. The van der Waals surface area contributed by atoms with Gasteiger partial charge in [-0.05, 0) is 32.0 Å². The van der Waals surface area contributed by atoms with E-state index in [1.807, 2.05) is 11.8 Å². The predicted octanol–water partition coefficient (Wildman–Crippen LogP) is 1.90. The van der Waals surface area contributed by atoms with Crippen molar-refractivity contribution >= 4 is 42.2 Å². The number of rotatable bonds is 3. The van der Waals surface area contributed by atoms with E-state index in [9.17, 15) is 14.0 Å². The Labute approximate surface area is 171 Å². The van der Waals surface area contributed by atoms with E-state index in [4.69, 9.17) is 4.74 Å². The van der Waals surface area contributed by atoms with Gasteiger partial charge >= 0.3 is 0 Å². The van der Waals surface area contributed by atoms with Crippen LogP contribution in [0.15, 0.2) is 18.2 Å². The molecule has 3 rings (SSSR count). The molecule has 1 aromatic carbocycles. The zero-order valence-electron chi connectivity index (χ0n) is 15.4. The van der Waals surface area contributed by atoms with Crippen molar-refractivity contribution in [1.29, 1.82) is 0 Å². The van der Waals surface area contributed by atoms with Crippen molar-refractivity contribution in [2.75, 3.05) is 44.2 Å². The number of ketones is 1. The number of Topliss-reactive ketones (excluding diaryl/α,β-unsaturated/α-hetero) is 1. The Kier molecular flexibility index (Phi) is 8.94. The molecule has 0 bridgehead atoms. The Morgan fingerprint density at radius 1 is 1.19 bits per heavy atom. The molecule has 0 spiro atoms. The molecular formula is C18H26Cl2FN3O3. The molecule has 1 aromatic rings. The first-order valence-corrected chi connectivity index (χ1v) is 8.66. The molecule has 2 aliphatic rings. The predicted molar refractivity (Wildman–Crippen MR) is 107 cm³/mol. The standard InChI is InChI=1S/C18H24FN3O3.2ClH/c1-12(23)14-3-4-16(15(19)11-14)21-6-8-22(9-7-21)18(24)17-13(2)25-10-5-20-17;;/h3-4,11,13,17,20H,5-10H2,1-2H3;2*1H/t13-,17+;;/m1../s1. The van der Waals surface area contributed by atoms with Crippen LogP contribution in [-0.4, -0.2) is 68.1 Å². The van der Waals surface area contributed by atoms with Crippen molar-refractivity contribution < 1.29 is 18.7 Å². The van der Waals surface area contributed by atoms with Gasteiger partial charge in [0.15, 0.2) is 5.78 Å². The summed E-state index contributed by atoms with van der Waals surface area (Å²) in [5.74, 6) is -0.514. The van der Waals surface area contributed by atoms with E-state index in [1.165, 1.54) is 13.0 Å². The number of anilines is 1. The average Bonchev–Trinajstić information content (AvgIpc) is 2.61. The van der Waals surface area contributed by atoms with Gasteiger partial charge in [0.05, 0.1) is 18.4 Å². The van der Waals surface area contributed by atoms with Crippen molar-refractivity contribution in [2.45, 2.75) is 26.0 Å². The van der Waals surface area contributed by atoms with Crippen molar-refractivity contribution in [2.24, 2.45) is 0 Å². The van der Waals surface area contributed by atoms with Crippen LogP contribution in [0.4, 0.5) is 10.1 Å². The minimum Gasteiger partial charge on any atom is -0.375 e. The van der Waals surface area contributed by atoms with Gasteiger partial charge < -0.3 is 19.9 Å². The van der Waals surface area contributed by atoms with Crippen LogP contribution in [0.1, 0.15) is 24.2 Å². The fraction of sp³-hybridized carbons (Fsp3) is 0.556. The highest BCUT2D eigenvalue weighted by molar-refractivity contribution is 5.94. The fourth-order valence-electron chi connectivity index (χ4n) is 3.36. The lowest BCUT2D eigenvalue weighted by molar-refractivity contribution is -0.139. The molecule has 2 fully saturated rings. The molecule has 152 valence electrons. The molecule has 2 aliphatic heterocycles. The van der Waals surface area contributed by atoms with Crippen LogP contribution in [-0.2, 0) is 9.53 Å². The molecule has 2 saturated heterocycles. The van der Waals surface area contributed by atoms with Gasteiger partial charge in [0.1, 0.15) is 11.9 Å². The maximum Gasteiger partial charge on any atom is 0.242 e. The third-order valence-electron chi connectivity index (χ3n) is 4.87. The van der Waals surface area contributed by atoms with E-state index in [0.717, 1.165) is 0 Å². The number of halogens is 3. The minimum absolute atomic E-state index is 0. The second-order valence-corrected chi connectivity index (χ2v) is 6.54. The number of morpholine rings is 1. The number of nitrogens with zero attached hydrogens (tertiary/aromatic N) is 2. The Morgan fingerprint density at radius 2 is 1.85 bits per heavy atom. The number of benzene rings is 1. The zero-order chi connectivity index (χ0) is 18.0. The first kappa shape index (κ1) is 23.6. The van der Waals surface area contributed by atoms with Crippen LogP contribution in [0.25, 0.3) is 0 Å². The smallest absolute Gasteiger partial charge is 0.242 e. The van der Waals surface area contributed by atoms with Gasteiger partial charge in [-0.3, -0.25) is 9.59 Å². The maximum atomic E-state index is 14.3. The van der Waals surface area contributed by atoms with E-state index >= 15 is 0 Å². The first-order chi connectivity index (χ1) is 12.0. The summed E-state index contributed by atoms with van der Waals surface area (Å²) in [4.78, 5) is 27.7. The quantitative estimate of drug-likeness (QED) is 0.755. The van der Waals surface area contributed by atoms with Gasteiger partial charge in [-0.25, -0.2) is 4.39 Å². The number of carbonyl (C=O) groups excluding carboxylic acids is 2. The SMILES string of the molecule is CC(=O)c1ccc(N2CCN(C(=O)[C@H]3NCCO[C@@H]3C)CC2)c(F)c1.Cl.Cl.